The minimum atomic E-state index is -0.555. The molecule has 0 amide bonds. The first kappa shape index (κ1) is 18.3. The number of carbonyl (C=O) groups excluding carboxylic acids is 1. The fraction of sp³-hybridized carbons (Fsp3) is 0. The van der Waals surface area contributed by atoms with Crippen LogP contribution in [0.15, 0.2) is 69.7 Å². The van der Waals surface area contributed by atoms with Crippen LogP contribution in [-0.2, 0) is 9.53 Å². The molecule has 1 aromatic heterocycles. The molecule has 0 radical (unpaired) electrons. The number of esters is 1. The Balaban J connectivity index is 1.65. The van der Waals surface area contributed by atoms with E-state index in [0.29, 0.717) is 27.1 Å². The highest BCUT2D eigenvalue weighted by Crippen LogP contribution is 2.28. The lowest BCUT2D eigenvalue weighted by Crippen LogP contribution is -2.06. The summed E-state index contributed by atoms with van der Waals surface area (Å²) in [7, 11) is 0. The summed E-state index contributed by atoms with van der Waals surface area (Å²) < 4.78 is 12.0. The van der Waals surface area contributed by atoms with Gasteiger partial charge in [0.1, 0.15) is 11.5 Å². The first-order valence-electron chi connectivity index (χ1n) is 7.83. The lowest BCUT2D eigenvalue weighted by atomic mass is 10.2. The molecule has 3 aromatic rings. The molecule has 0 bridgehead atoms. The number of hydrogen-bond acceptors (Lipinski definition) is 4. The molecule has 0 spiro atoms. The molecule has 0 saturated heterocycles. The van der Waals surface area contributed by atoms with E-state index in [2.05, 4.69) is 27.6 Å². The Bertz CT molecular complexity index is 1120. The molecule has 0 atom stereocenters. The molecule has 1 aliphatic heterocycles. The molecular weight excluding hydrogens is 500 g/mol. The van der Waals surface area contributed by atoms with Crippen LogP contribution in [-0.4, -0.2) is 11.9 Å². The van der Waals surface area contributed by atoms with Gasteiger partial charge in [0.2, 0.25) is 5.90 Å². The summed E-state index contributed by atoms with van der Waals surface area (Å²) in [5, 5.41) is 1.08. The van der Waals surface area contributed by atoms with Gasteiger partial charge in [0, 0.05) is 20.2 Å². The SMILES string of the molecule is O=C1OC(c2cc(I)ccc2Cl)=N/C1=C\c1ccc(-c2cccc(Cl)c2)o1. The number of hydrogen-bond donors (Lipinski definition) is 0. The van der Waals surface area contributed by atoms with Gasteiger partial charge in [0.15, 0.2) is 5.70 Å². The number of halogens is 3. The monoisotopic (exact) mass is 509 g/mol. The molecule has 0 fully saturated rings. The zero-order valence-electron chi connectivity index (χ0n) is 13.6. The van der Waals surface area contributed by atoms with Gasteiger partial charge in [0.05, 0.1) is 10.6 Å². The van der Waals surface area contributed by atoms with Crippen molar-refractivity contribution in [2.45, 2.75) is 0 Å². The van der Waals surface area contributed by atoms with Crippen LogP contribution < -0.4 is 0 Å². The average molecular weight is 510 g/mol. The highest BCUT2D eigenvalue weighted by atomic mass is 127. The van der Waals surface area contributed by atoms with E-state index in [-0.39, 0.29) is 11.6 Å². The van der Waals surface area contributed by atoms with Gasteiger partial charge in [-0.3, -0.25) is 0 Å². The van der Waals surface area contributed by atoms with Crippen LogP contribution in [0.1, 0.15) is 11.3 Å². The normalized spacial score (nSPS) is 15.1. The Morgan fingerprint density at radius 1 is 1.04 bits per heavy atom. The number of carbonyl (C=O) groups is 1. The standard InChI is InChI=1S/C20H10Cl2INO3/c21-12-3-1-2-11(8-12)18-7-5-14(26-18)10-17-20(25)27-19(24-17)15-9-13(23)4-6-16(15)22/h1-10H/b17-10-. The minimum absolute atomic E-state index is 0.145. The fourth-order valence-electron chi connectivity index (χ4n) is 2.55. The Labute approximate surface area is 178 Å². The number of ether oxygens (including phenoxy) is 1. The van der Waals surface area contributed by atoms with E-state index < -0.39 is 5.97 Å². The van der Waals surface area contributed by atoms with Crippen molar-refractivity contribution < 1.29 is 13.9 Å². The van der Waals surface area contributed by atoms with Gasteiger partial charge in [-0.1, -0.05) is 35.3 Å². The predicted molar refractivity (Wildman–Crippen MR) is 114 cm³/mol. The molecule has 0 aliphatic carbocycles. The topological polar surface area (TPSA) is 51.8 Å². The summed E-state index contributed by atoms with van der Waals surface area (Å²) in [6.45, 7) is 0. The van der Waals surface area contributed by atoms with Gasteiger partial charge in [-0.15, -0.1) is 0 Å². The molecular formula is C20H10Cl2INO3. The second kappa shape index (κ2) is 7.50. The van der Waals surface area contributed by atoms with Crippen LogP contribution in [0.4, 0.5) is 0 Å². The number of cyclic esters (lactones) is 1. The van der Waals surface area contributed by atoms with Gasteiger partial charge in [-0.05, 0) is 65.1 Å². The van der Waals surface area contributed by atoms with E-state index >= 15 is 0 Å². The van der Waals surface area contributed by atoms with Gasteiger partial charge >= 0.3 is 5.97 Å². The molecule has 134 valence electrons. The Kier molecular flexibility index (Phi) is 5.08. The number of rotatable bonds is 3. The minimum Gasteiger partial charge on any atom is -0.457 e. The van der Waals surface area contributed by atoms with Crippen LogP contribution in [0.3, 0.4) is 0 Å². The second-order valence-corrected chi connectivity index (χ2v) is 7.76. The van der Waals surface area contributed by atoms with E-state index in [0.717, 1.165) is 9.13 Å². The van der Waals surface area contributed by atoms with Crippen molar-refractivity contribution >= 4 is 63.7 Å². The van der Waals surface area contributed by atoms with E-state index in [9.17, 15) is 4.79 Å². The second-order valence-electron chi connectivity index (χ2n) is 5.67. The van der Waals surface area contributed by atoms with Crippen molar-refractivity contribution in [2.24, 2.45) is 4.99 Å². The molecule has 0 N–H and O–H groups in total. The maximum absolute atomic E-state index is 12.2. The number of nitrogens with zero attached hydrogens (tertiary/aromatic N) is 1. The Morgan fingerprint density at radius 3 is 2.70 bits per heavy atom. The summed E-state index contributed by atoms with van der Waals surface area (Å²) in [4.78, 5) is 16.4. The highest BCUT2D eigenvalue weighted by molar-refractivity contribution is 14.1. The van der Waals surface area contributed by atoms with Gasteiger partial charge in [0.25, 0.3) is 0 Å². The summed E-state index contributed by atoms with van der Waals surface area (Å²) >= 11 is 14.4. The van der Waals surface area contributed by atoms with Crippen molar-refractivity contribution in [1.29, 1.82) is 0 Å². The lowest BCUT2D eigenvalue weighted by Gasteiger charge is -2.02. The molecule has 4 nitrogen and oxygen atoms in total. The highest BCUT2D eigenvalue weighted by Gasteiger charge is 2.26. The van der Waals surface area contributed by atoms with E-state index in [1.54, 1.807) is 30.3 Å². The third-order valence-electron chi connectivity index (χ3n) is 3.79. The molecule has 1 aliphatic rings. The average Bonchev–Trinajstić information content (AvgIpc) is 3.25. The van der Waals surface area contributed by atoms with E-state index in [4.69, 9.17) is 32.4 Å². The number of benzene rings is 2. The largest absolute Gasteiger partial charge is 0.457 e. The van der Waals surface area contributed by atoms with Crippen LogP contribution in [0.25, 0.3) is 17.4 Å². The third-order valence-corrected chi connectivity index (χ3v) is 5.03. The molecule has 2 heterocycles. The molecule has 0 unspecified atom stereocenters. The molecule has 27 heavy (non-hydrogen) atoms. The maximum Gasteiger partial charge on any atom is 0.363 e. The summed E-state index contributed by atoms with van der Waals surface area (Å²) in [5.41, 5.74) is 1.56. The lowest BCUT2D eigenvalue weighted by molar-refractivity contribution is -0.129. The van der Waals surface area contributed by atoms with Gasteiger partial charge < -0.3 is 9.15 Å². The summed E-state index contributed by atoms with van der Waals surface area (Å²) in [5.74, 6) is 0.744. The smallest absolute Gasteiger partial charge is 0.363 e. The van der Waals surface area contributed by atoms with Crippen LogP contribution in [0, 0.1) is 3.57 Å². The fourth-order valence-corrected chi connectivity index (χ4v) is 3.43. The van der Waals surface area contributed by atoms with Gasteiger partial charge in [-0.2, -0.15) is 0 Å². The maximum atomic E-state index is 12.2. The Morgan fingerprint density at radius 2 is 1.89 bits per heavy atom. The zero-order chi connectivity index (χ0) is 19.0. The van der Waals surface area contributed by atoms with Gasteiger partial charge in [-0.25, -0.2) is 9.79 Å². The molecule has 7 heteroatoms. The molecule has 4 rings (SSSR count). The zero-order valence-corrected chi connectivity index (χ0v) is 17.2. The van der Waals surface area contributed by atoms with Crippen molar-refractivity contribution in [3.63, 3.8) is 0 Å². The van der Waals surface area contributed by atoms with Crippen LogP contribution in [0.2, 0.25) is 10.0 Å². The quantitative estimate of drug-likeness (QED) is 0.240. The van der Waals surface area contributed by atoms with Crippen molar-refractivity contribution in [3.05, 3.63) is 85.2 Å². The third kappa shape index (κ3) is 3.95. The predicted octanol–water partition coefficient (Wildman–Crippen LogP) is 6.20. The Hall–Kier alpha value is -2.09. The van der Waals surface area contributed by atoms with E-state index in [1.165, 1.54) is 6.08 Å². The number of furan rings is 1. The van der Waals surface area contributed by atoms with Crippen molar-refractivity contribution in [1.82, 2.24) is 0 Å². The molecule has 0 saturated carbocycles. The molecule has 2 aromatic carbocycles. The van der Waals surface area contributed by atoms with Crippen molar-refractivity contribution in [3.8, 4) is 11.3 Å². The van der Waals surface area contributed by atoms with Crippen LogP contribution >= 0.6 is 45.8 Å². The number of aliphatic imine (C=N–C) groups is 1. The van der Waals surface area contributed by atoms with Crippen molar-refractivity contribution in [2.75, 3.05) is 0 Å². The first-order valence-corrected chi connectivity index (χ1v) is 9.67. The summed E-state index contributed by atoms with van der Waals surface area (Å²) in [6, 6.07) is 16.3. The first-order chi connectivity index (χ1) is 13.0. The van der Waals surface area contributed by atoms with Crippen LogP contribution in [0.5, 0.6) is 0 Å². The van der Waals surface area contributed by atoms with E-state index in [1.807, 2.05) is 24.3 Å². The summed E-state index contributed by atoms with van der Waals surface area (Å²) in [6.07, 6.45) is 1.53.